The summed E-state index contributed by atoms with van der Waals surface area (Å²) in [6.45, 7) is 12.0. The normalized spacial score (nSPS) is 25.1. The first-order valence-corrected chi connectivity index (χ1v) is 17.2. The molecule has 1 amide bonds. The smallest absolute Gasteiger partial charge is 0.407 e. The lowest BCUT2D eigenvalue weighted by Crippen LogP contribution is -2.48. The van der Waals surface area contributed by atoms with Crippen molar-refractivity contribution in [1.29, 1.82) is 0 Å². The summed E-state index contributed by atoms with van der Waals surface area (Å²) in [5, 5.41) is 12.4. The van der Waals surface area contributed by atoms with E-state index in [2.05, 4.69) is 77.2 Å². The Hall–Kier alpha value is -3.53. The van der Waals surface area contributed by atoms with E-state index < -0.39 is 12.4 Å². The van der Waals surface area contributed by atoms with Gasteiger partial charge in [0.05, 0.1) is 18.8 Å². The molecule has 3 fully saturated rings. The van der Waals surface area contributed by atoms with Crippen molar-refractivity contribution in [2.75, 3.05) is 39.3 Å². The Balaban J connectivity index is 1.18. The van der Waals surface area contributed by atoms with E-state index in [0.717, 1.165) is 53.0 Å². The average Bonchev–Trinajstić information content (AvgIpc) is 3.80. The zero-order valence-corrected chi connectivity index (χ0v) is 27.6. The Morgan fingerprint density at radius 3 is 2.45 bits per heavy atom. The molecule has 3 aliphatic rings. The molecule has 5 atom stereocenters. The van der Waals surface area contributed by atoms with Crippen LogP contribution < -0.4 is 5.32 Å². The molecule has 0 saturated carbocycles. The number of benzene rings is 3. The van der Waals surface area contributed by atoms with Crippen LogP contribution in [0.5, 0.6) is 0 Å². The van der Waals surface area contributed by atoms with E-state index in [1.165, 1.54) is 38.8 Å². The highest BCUT2D eigenvalue weighted by Gasteiger charge is 2.40. The van der Waals surface area contributed by atoms with Gasteiger partial charge in [-0.3, -0.25) is 4.90 Å². The maximum atomic E-state index is 11.9. The molecule has 3 aromatic carbocycles. The van der Waals surface area contributed by atoms with Gasteiger partial charge in [-0.15, -0.1) is 0 Å². The van der Waals surface area contributed by atoms with Crippen LogP contribution in [-0.2, 0) is 27.4 Å². The summed E-state index contributed by atoms with van der Waals surface area (Å²) in [4.78, 5) is 17.2. The molecule has 0 aliphatic carbocycles. The molecule has 8 nitrogen and oxygen atoms in total. The van der Waals surface area contributed by atoms with Crippen molar-refractivity contribution in [3.05, 3.63) is 108 Å². The number of carbonyl (C=O) groups excluding carboxylic acids is 1. The molecule has 3 aliphatic heterocycles. The second-order valence-electron chi connectivity index (χ2n) is 13.2. The summed E-state index contributed by atoms with van der Waals surface area (Å²) >= 11 is 0. The lowest BCUT2D eigenvalue weighted by atomic mass is 9.89. The van der Waals surface area contributed by atoms with Gasteiger partial charge in [-0.25, -0.2) is 4.79 Å². The number of hydrogen-bond donors (Lipinski definition) is 2. The molecule has 3 aromatic rings. The molecule has 0 radical (unpaired) electrons. The Labute approximate surface area is 279 Å². The molecule has 47 heavy (non-hydrogen) atoms. The van der Waals surface area contributed by atoms with Crippen molar-refractivity contribution in [1.82, 2.24) is 15.1 Å². The molecule has 3 heterocycles. The van der Waals surface area contributed by atoms with Crippen LogP contribution >= 0.6 is 0 Å². The summed E-state index contributed by atoms with van der Waals surface area (Å²) in [6, 6.07) is 25.3. The van der Waals surface area contributed by atoms with Crippen molar-refractivity contribution in [2.45, 2.75) is 70.3 Å². The van der Waals surface area contributed by atoms with Crippen LogP contribution in [0.25, 0.3) is 11.1 Å². The molecular formula is C39H49N3O5. The van der Waals surface area contributed by atoms with E-state index in [0.29, 0.717) is 12.6 Å². The number of hydrogen-bond acceptors (Lipinski definition) is 7. The highest BCUT2D eigenvalue weighted by molar-refractivity contribution is 5.68. The van der Waals surface area contributed by atoms with E-state index in [9.17, 15) is 9.90 Å². The number of amides is 1. The van der Waals surface area contributed by atoms with E-state index in [1.807, 2.05) is 24.3 Å². The summed E-state index contributed by atoms with van der Waals surface area (Å²) in [7, 11) is 0. The van der Waals surface area contributed by atoms with Crippen molar-refractivity contribution in [3.63, 3.8) is 0 Å². The van der Waals surface area contributed by atoms with Crippen LogP contribution in [0.3, 0.4) is 0 Å². The summed E-state index contributed by atoms with van der Waals surface area (Å²) < 4.78 is 18.6. The second kappa shape index (κ2) is 16.0. The van der Waals surface area contributed by atoms with Crippen LogP contribution in [0.4, 0.5) is 4.79 Å². The Bertz CT molecular complexity index is 1460. The quantitative estimate of drug-likeness (QED) is 0.216. The maximum Gasteiger partial charge on any atom is 0.407 e. The fraction of sp³-hybridized carbons (Fsp3) is 0.462. The predicted octanol–water partition coefficient (Wildman–Crippen LogP) is 6.61. The van der Waals surface area contributed by atoms with Gasteiger partial charge in [-0.05, 0) is 79.2 Å². The number of likely N-dealkylation sites (tertiary alicyclic amines) is 2. The number of nitrogens with one attached hydrogen (secondary N) is 1. The standard InChI is InChI=1S/C39H49N3O5/c1-3-22-45-39(44)40-24-30-8-6-9-34(23-30)31-15-17-33(18-16-31)38-46-36(26-42-21-7-10-35(42)25-41-19-4-5-20-41)28(2)37(47-38)32-13-11-29(27-43)12-14-32/h3,6,8-9,11-18,23,28,35-38,43H,1,4-5,7,10,19-22,24-27H2,2H3,(H,40,44)/t28-,35+,36+,37+,38+/m1/s1. The van der Waals surface area contributed by atoms with Crippen molar-refractivity contribution >= 4 is 6.09 Å². The van der Waals surface area contributed by atoms with E-state index in [4.69, 9.17) is 14.2 Å². The third-order valence-corrected chi connectivity index (χ3v) is 9.92. The molecule has 3 saturated heterocycles. The van der Waals surface area contributed by atoms with Crippen molar-refractivity contribution in [3.8, 4) is 11.1 Å². The van der Waals surface area contributed by atoms with Gasteiger partial charge >= 0.3 is 6.09 Å². The minimum Gasteiger partial charge on any atom is -0.445 e. The van der Waals surface area contributed by atoms with Gasteiger partial charge in [0, 0.05) is 37.2 Å². The first kappa shape index (κ1) is 33.4. The lowest BCUT2D eigenvalue weighted by molar-refractivity contribution is -0.276. The van der Waals surface area contributed by atoms with Gasteiger partial charge in [-0.1, -0.05) is 86.3 Å². The predicted molar refractivity (Wildman–Crippen MR) is 184 cm³/mol. The first-order chi connectivity index (χ1) is 23.0. The Kier molecular flexibility index (Phi) is 11.4. The fourth-order valence-corrected chi connectivity index (χ4v) is 7.22. The third kappa shape index (κ3) is 8.50. The second-order valence-corrected chi connectivity index (χ2v) is 13.2. The topological polar surface area (TPSA) is 83.5 Å². The summed E-state index contributed by atoms with van der Waals surface area (Å²) in [5.74, 6) is 0.156. The molecular weight excluding hydrogens is 590 g/mol. The molecule has 2 N–H and O–H groups in total. The monoisotopic (exact) mass is 639 g/mol. The molecule has 0 unspecified atom stereocenters. The third-order valence-electron chi connectivity index (χ3n) is 9.92. The van der Waals surface area contributed by atoms with Gasteiger partial charge in [0.2, 0.25) is 0 Å². The number of ether oxygens (including phenoxy) is 3. The number of carbonyl (C=O) groups is 1. The largest absolute Gasteiger partial charge is 0.445 e. The van der Waals surface area contributed by atoms with Crippen LogP contribution in [-0.4, -0.2) is 72.5 Å². The first-order valence-electron chi connectivity index (χ1n) is 17.2. The highest BCUT2D eigenvalue weighted by Crippen LogP contribution is 2.42. The van der Waals surface area contributed by atoms with Crippen LogP contribution in [0.2, 0.25) is 0 Å². The van der Waals surface area contributed by atoms with Gasteiger partial charge in [-0.2, -0.15) is 0 Å². The number of aliphatic hydroxyl groups excluding tert-OH is 1. The fourth-order valence-electron chi connectivity index (χ4n) is 7.22. The Morgan fingerprint density at radius 1 is 0.936 bits per heavy atom. The molecule has 0 spiro atoms. The average molecular weight is 640 g/mol. The lowest BCUT2D eigenvalue weighted by Gasteiger charge is -2.43. The Morgan fingerprint density at radius 2 is 1.70 bits per heavy atom. The van der Waals surface area contributed by atoms with E-state index >= 15 is 0 Å². The van der Waals surface area contributed by atoms with E-state index in [1.54, 1.807) is 6.08 Å². The SMILES string of the molecule is C=CCOC(=O)NCc1cccc(-c2ccc([C@H]3O[C@@H](CN4CCC[C@H]4CN4CCCC4)[C@@H](C)[C@@H](c4ccc(CO)cc4)O3)cc2)c1. The zero-order chi connectivity index (χ0) is 32.6. The molecule has 0 aromatic heterocycles. The minimum absolute atomic E-state index is 0.0116. The van der Waals surface area contributed by atoms with Crippen LogP contribution in [0, 0.1) is 5.92 Å². The number of rotatable bonds is 12. The minimum atomic E-state index is -0.496. The summed E-state index contributed by atoms with van der Waals surface area (Å²) in [6.07, 6.45) is 5.59. The molecule has 6 rings (SSSR count). The van der Waals surface area contributed by atoms with Crippen molar-refractivity contribution < 1.29 is 24.1 Å². The maximum absolute atomic E-state index is 11.9. The molecule has 0 bridgehead atoms. The van der Waals surface area contributed by atoms with Crippen LogP contribution in [0.1, 0.15) is 67.3 Å². The highest BCUT2D eigenvalue weighted by atomic mass is 16.7. The van der Waals surface area contributed by atoms with Gasteiger partial charge in [0.25, 0.3) is 0 Å². The van der Waals surface area contributed by atoms with E-state index in [-0.39, 0.29) is 31.3 Å². The number of aliphatic hydroxyl groups is 1. The number of alkyl carbamates (subject to hydrolysis) is 1. The van der Waals surface area contributed by atoms with Gasteiger partial charge in [0.1, 0.15) is 6.61 Å². The van der Waals surface area contributed by atoms with Crippen LogP contribution in [0.15, 0.2) is 85.5 Å². The molecule has 250 valence electrons. The molecule has 8 heteroatoms. The summed E-state index contributed by atoms with van der Waals surface area (Å²) in [5.41, 5.74) is 6.11. The van der Waals surface area contributed by atoms with Gasteiger partial charge < -0.3 is 29.5 Å². The zero-order valence-electron chi connectivity index (χ0n) is 27.6. The number of nitrogens with zero attached hydrogens (tertiary/aromatic N) is 2. The van der Waals surface area contributed by atoms with Crippen molar-refractivity contribution in [2.24, 2.45) is 5.92 Å². The van der Waals surface area contributed by atoms with Gasteiger partial charge in [0.15, 0.2) is 6.29 Å².